The summed E-state index contributed by atoms with van der Waals surface area (Å²) in [6.07, 6.45) is -3.46. The van der Waals surface area contributed by atoms with Gasteiger partial charge in [0, 0.05) is 100 Å². The van der Waals surface area contributed by atoms with Gasteiger partial charge in [-0.2, -0.15) is 26.3 Å². The Balaban J connectivity index is 0.000000200. The van der Waals surface area contributed by atoms with Crippen LogP contribution in [0.4, 0.5) is 38.0 Å². The average Bonchev–Trinajstić information content (AvgIpc) is 3.10. The summed E-state index contributed by atoms with van der Waals surface area (Å²) < 4.78 is 74.6. The van der Waals surface area contributed by atoms with E-state index in [4.69, 9.17) is 0 Å². The fourth-order valence-electron chi connectivity index (χ4n) is 5.64. The summed E-state index contributed by atoms with van der Waals surface area (Å²) in [6, 6.07) is 7.35. The molecular formula is C36H54F6N10. The van der Waals surface area contributed by atoms with E-state index in [1.165, 1.54) is 12.1 Å². The molecule has 16 heteroatoms. The monoisotopic (exact) mass is 740 g/mol. The summed E-state index contributed by atoms with van der Waals surface area (Å²) in [4.78, 5) is 20.0. The van der Waals surface area contributed by atoms with Crippen LogP contribution in [0.15, 0.2) is 49.1 Å². The lowest BCUT2D eigenvalue weighted by atomic mass is 10.1. The number of halogens is 6. The summed E-state index contributed by atoms with van der Waals surface area (Å²) >= 11 is 0. The number of rotatable bonds is 2. The maximum Gasteiger partial charge on any atom is 0.417 e. The number of nitrogens with one attached hydrogen (secondary N) is 4. The first-order valence-corrected chi connectivity index (χ1v) is 17.7. The van der Waals surface area contributed by atoms with Crippen LogP contribution in [0.5, 0.6) is 0 Å². The summed E-state index contributed by atoms with van der Waals surface area (Å²) in [6.45, 7) is 21.9. The van der Waals surface area contributed by atoms with Crippen LogP contribution in [0.2, 0.25) is 0 Å². The molecule has 0 saturated carbocycles. The van der Waals surface area contributed by atoms with E-state index in [1.54, 1.807) is 12.4 Å². The van der Waals surface area contributed by atoms with Crippen LogP contribution in [-0.2, 0) is 12.4 Å². The molecule has 4 N–H and O–H groups in total. The topological polar surface area (TPSA) is 106 Å². The molecule has 3 aliphatic rings. The lowest BCUT2D eigenvalue weighted by Crippen LogP contribution is -2.55. The SMILES string of the molecule is C[C@@H]1NCCN(c2ccc(C(F)(F)F)cn2)[C@@H]1C.C[C@@H]1NCCN[C@@H]1C.C[C@H]1NCCN(c2ccc(C(F)(F)F)cn2)[C@H]1C.Cc1nccnc1C. The maximum absolute atomic E-state index is 12.4. The smallest absolute Gasteiger partial charge is 0.351 e. The first-order valence-electron chi connectivity index (χ1n) is 17.7. The second kappa shape index (κ2) is 19.5. The number of alkyl halides is 6. The van der Waals surface area contributed by atoms with Crippen LogP contribution in [0.25, 0.3) is 0 Å². The molecule has 0 spiro atoms. The number of nitrogens with zero attached hydrogens (tertiary/aromatic N) is 6. The van der Waals surface area contributed by atoms with Gasteiger partial charge in [-0.3, -0.25) is 9.97 Å². The Morgan fingerprint density at radius 1 is 0.519 bits per heavy atom. The van der Waals surface area contributed by atoms with Crippen LogP contribution in [0.1, 0.15) is 64.1 Å². The highest BCUT2D eigenvalue weighted by Gasteiger charge is 2.33. The fourth-order valence-corrected chi connectivity index (χ4v) is 5.64. The van der Waals surface area contributed by atoms with E-state index in [0.717, 1.165) is 75.2 Å². The molecule has 0 unspecified atom stereocenters. The summed E-state index contributed by atoms with van der Waals surface area (Å²) in [5, 5.41) is 13.4. The molecule has 0 amide bonds. The Morgan fingerprint density at radius 2 is 0.865 bits per heavy atom. The average molecular weight is 741 g/mol. The third kappa shape index (κ3) is 12.8. The van der Waals surface area contributed by atoms with Crippen molar-refractivity contribution in [2.24, 2.45) is 0 Å². The molecular weight excluding hydrogens is 686 g/mol. The Kier molecular flexibility index (Phi) is 16.0. The number of pyridine rings is 2. The van der Waals surface area contributed by atoms with Crippen molar-refractivity contribution in [3.8, 4) is 0 Å². The quantitative estimate of drug-likeness (QED) is 0.248. The minimum atomic E-state index is -4.33. The van der Waals surface area contributed by atoms with Gasteiger partial charge in [0.05, 0.1) is 22.5 Å². The Bertz CT molecular complexity index is 1360. The highest BCUT2D eigenvalue weighted by Crippen LogP contribution is 2.31. The third-order valence-electron chi connectivity index (χ3n) is 9.74. The molecule has 52 heavy (non-hydrogen) atoms. The molecule has 3 saturated heterocycles. The summed E-state index contributed by atoms with van der Waals surface area (Å²) in [7, 11) is 0. The Morgan fingerprint density at radius 3 is 1.13 bits per heavy atom. The van der Waals surface area contributed by atoms with Gasteiger partial charge in [0.1, 0.15) is 11.6 Å². The van der Waals surface area contributed by atoms with E-state index in [-0.39, 0.29) is 12.1 Å². The third-order valence-corrected chi connectivity index (χ3v) is 9.74. The first kappa shape index (κ1) is 42.8. The molecule has 3 fully saturated rings. The largest absolute Gasteiger partial charge is 0.417 e. The predicted octanol–water partition coefficient (Wildman–Crippen LogP) is 5.62. The van der Waals surface area contributed by atoms with Crippen LogP contribution < -0.4 is 31.1 Å². The molecule has 6 atom stereocenters. The summed E-state index contributed by atoms with van der Waals surface area (Å²) in [5.41, 5.74) is 0.601. The van der Waals surface area contributed by atoms with E-state index in [0.29, 0.717) is 35.8 Å². The van der Waals surface area contributed by atoms with Crippen LogP contribution in [-0.4, -0.2) is 95.5 Å². The van der Waals surface area contributed by atoms with Crippen LogP contribution in [0.3, 0.4) is 0 Å². The normalized spacial score (nSPS) is 25.0. The van der Waals surface area contributed by atoms with Gasteiger partial charge in [-0.1, -0.05) is 0 Å². The molecule has 290 valence electrons. The van der Waals surface area contributed by atoms with Gasteiger partial charge in [0.15, 0.2) is 0 Å². The van der Waals surface area contributed by atoms with Gasteiger partial charge in [0.25, 0.3) is 0 Å². The van der Waals surface area contributed by atoms with Crippen LogP contribution >= 0.6 is 0 Å². The molecule has 0 aliphatic carbocycles. The number of piperazine rings is 3. The number of aromatic nitrogens is 4. The fraction of sp³-hybridized carbons (Fsp3) is 0.611. The van der Waals surface area contributed by atoms with Crippen molar-refractivity contribution >= 4 is 11.6 Å². The molecule has 10 nitrogen and oxygen atoms in total. The predicted molar refractivity (Wildman–Crippen MR) is 193 cm³/mol. The van der Waals surface area contributed by atoms with E-state index in [1.807, 2.05) is 37.5 Å². The van der Waals surface area contributed by atoms with Gasteiger partial charge >= 0.3 is 12.4 Å². The zero-order valence-corrected chi connectivity index (χ0v) is 31.3. The van der Waals surface area contributed by atoms with Gasteiger partial charge in [-0.05, 0) is 79.7 Å². The summed E-state index contributed by atoms with van der Waals surface area (Å²) in [5.74, 6) is 1.20. The van der Waals surface area contributed by atoms with Gasteiger partial charge < -0.3 is 31.1 Å². The second-order valence-corrected chi connectivity index (χ2v) is 13.4. The van der Waals surface area contributed by atoms with Crippen molar-refractivity contribution in [2.75, 3.05) is 49.1 Å². The number of hydrogen-bond donors (Lipinski definition) is 4. The molecule has 0 radical (unpaired) electrons. The highest BCUT2D eigenvalue weighted by molar-refractivity contribution is 5.43. The van der Waals surface area contributed by atoms with E-state index in [9.17, 15) is 26.3 Å². The molecule has 3 aromatic heterocycles. The van der Waals surface area contributed by atoms with Crippen molar-refractivity contribution in [3.63, 3.8) is 0 Å². The first-order chi connectivity index (χ1) is 24.4. The Hall–Kier alpha value is -3.60. The van der Waals surface area contributed by atoms with Crippen molar-refractivity contribution < 1.29 is 26.3 Å². The molecule has 6 heterocycles. The van der Waals surface area contributed by atoms with E-state index < -0.39 is 23.5 Å². The van der Waals surface area contributed by atoms with Crippen molar-refractivity contribution in [3.05, 3.63) is 71.6 Å². The van der Waals surface area contributed by atoms with Gasteiger partial charge in [0.2, 0.25) is 0 Å². The lowest BCUT2D eigenvalue weighted by Gasteiger charge is -2.39. The van der Waals surface area contributed by atoms with Gasteiger partial charge in [-0.25, -0.2) is 9.97 Å². The molecule has 6 rings (SSSR count). The van der Waals surface area contributed by atoms with Crippen molar-refractivity contribution in [1.29, 1.82) is 0 Å². The molecule has 0 bridgehead atoms. The Labute approximate surface area is 303 Å². The zero-order valence-electron chi connectivity index (χ0n) is 31.3. The zero-order chi connectivity index (χ0) is 38.6. The lowest BCUT2D eigenvalue weighted by molar-refractivity contribution is -0.138. The molecule has 3 aliphatic heterocycles. The number of aryl methyl sites for hydroxylation is 2. The number of anilines is 2. The minimum Gasteiger partial charge on any atom is -0.351 e. The van der Waals surface area contributed by atoms with E-state index >= 15 is 0 Å². The van der Waals surface area contributed by atoms with Gasteiger partial charge in [-0.15, -0.1) is 0 Å². The highest BCUT2D eigenvalue weighted by atomic mass is 19.4. The minimum absolute atomic E-state index is 0.211. The van der Waals surface area contributed by atoms with E-state index in [2.05, 4.69) is 68.9 Å². The van der Waals surface area contributed by atoms with Crippen LogP contribution in [0, 0.1) is 13.8 Å². The molecule has 0 aromatic carbocycles. The molecule has 3 aromatic rings. The maximum atomic E-state index is 12.4. The van der Waals surface area contributed by atoms with Crippen molar-refractivity contribution in [2.45, 2.75) is 104 Å². The number of hydrogen-bond acceptors (Lipinski definition) is 10. The second-order valence-electron chi connectivity index (χ2n) is 13.4. The standard InChI is InChI=1S/2C12H16F3N3.C6H14N2.C6H8N2/c2*1-8-9(2)18(6-5-16-8)11-4-3-10(7-17-11)12(13,14)15;2*1-5-6(2)8-4-3-7-5/h2*3-4,7-9,16H,5-6H2,1-2H3;5-8H,3-4H2,1-2H3;3-4H,1-2H3/t2*8-,9+;5-,6+;/m10../s1. The van der Waals surface area contributed by atoms with Crippen molar-refractivity contribution in [1.82, 2.24) is 41.2 Å².